The first kappa shape index (κ1) is 13.1. The molecule has 1 atom stereocenters. The molecule has 0 saturated heterocycles. The number of carbonyl (C=O) groups is 1. The molecule has 2 N–H and O–H groups in total. The second-order valence-electron chi connectivity index (χ2n) is 3.28. The summed E-state index contributed by atoms with van der Waals surface area (Å²) >= 11 is 0. The Morgan fingerprint density at radius 1 is 1.47 bits per heavy atom. The SMILES string of the molecule is CC(Nc1cccc(OC(F)(F)F)c1)C(=O)O. The van der Waals surface area contributed by atoms with Crippen molar-refractivity contribution in [2.75, 3.05) is 5.32 Å². The molecular weight excluding hydrogens is 239 g/mol. The Hall–Kier alpha value is -1.92. The van der Waals surface area contributed by atoms with E-state index in [1.807, 2.05) is 0 Å². The van der Waals surface area contributed by atoms with Crippen molar-refractivity contribution < 1.29 is 27.8 Å². The molecule has 7 heteroatoms. The van der Waals surface area contributed by atoms with Crippen LogP contribution in [0, 0.1) is 0 Å². The number of halogens is 3. The summed E-state index contributed by atoms with van der Waals surface area (Å²) in [4.78, 5) is 10.5. The lowest BCUT2D eigenvalue weighted by Crippen LogP contribution is -2.25. The third-order valence-electron chi connectivity index (χ3n) is 1.82. The van der Waals surface area contributed by atoms with Crippen LogP contribution in [-0.2, 0) is 4.79 Å². The van der Waals surface area contributed by atoms with Gasteiger partial charge in [0, 0.05) is 11.8 Å². The predicted octanol–water partition coefficient (Wildman–Crippen LogP) is 2.47. The second-order valence-corrected chi connectivity index (χ2v) is 3.28. The van der Waals surface area contributed by atoms with Crippen molar-refractivity contribution in [2.24, 2.45) is 0 Å². The number of hydrogen-bond acceptors (Lipinski definition) is 3. The highest BCUT2D eigenvalue weighted by Gasteiger charge is 2.31. The van der Waals surface area contributed by atoms with E-state index < -0.39 is 24.1 Å². The molecule has 0 aromatic heterocycles. The average Bonchev–Trinajstić information content (AvgIpc) is 2.15. The Bertz CT molecular complexity index is 406. The van der Waals surface area contributed by atoms with Crippen LogP contribution in [0.2, 0.25) is 0 Å². The van der Waals surface area contributed by atoms with E-state index in [4.69, 9.17) is 5.11 Å². The van der Waals surface area contributed by atoms with Gasteiger partial charge in [-0.1, -0.05) is 6.07 Å². The van der Waals surface area contributed by atoms with Crippen molar-refractivity contribution in [1.29, 1.82) is 0 Å². The first-order chi connectivity index (χ1) is 7.78. The third-order valence-corrected chi connectivity index (χ3v) is 1.82. The normalized spacial score (nSPS) is 12.9. The number of benzene rings is 1. The van der Waals surface area contributed by atoms with E-state index in [9.17, 15) is 18.0 Å². The van der Waals surface area contributed by atoms with E-state index in [0.717, 1.165) is 12.1 Å². The van der Waals surface area contributed by atoms with Crippen molar-refractivity contribution in [2.45, 2.75) is 19.3 Å². The van der Waals surface area contributed by atoms with Gasteiger partial charge in [-0.05, 0) is 19.1 Å². The van der Waals surface area contributed by atoms with Crippen molar-refractivity contribution in [1.82, 2.24) is 0 Å². The maximum Gasteiger partial charge on any atom is 0.573 e. The highest BCUT2D eigenvalue weighted by Crippen LogP contribution is 2.25. The monoisotopic (exact) mass is 249 g/mol. The van der Waals surface area contributed by atoms with Gasteiger partial charge in [-0.3, -0.25) is 4.79 Å². The highest BCUT2D eigenvalue weighted by molar-refractivity contribution is 5.76. The summed E-state index contributed by atoms with van der Waals surface area (Å²) in [7, 11) is 0. The van der Waals surface area contributed by atoms with Gasteiger partial charge in [0.2, 0.25) is 0 Å². The molecule has 0 saturated carbocycles. The Labute approximate surface area is 95.0 Å². The number of alkyl halides is 3. The van der Waals surface area contributed by atoms with Crippen LogP contribution in [0.15, 0.2) is 24.3 Å². The molecule has 0 aliphatic carbocycles. The quantitative estimate of drug-likeness (QED) is 0.860. The minimum absolute atomic E-state index is 0.238. The average molecular weight is 249 g/mol. The van der Waals surface area contributed by atoms with E-state index in [-0.39, 0.29) is 5.69 Å². The van der Waals surface area contributed by atoms with Crippen LogP contribution in [0.25, 0.3) is 0 Å². The Morgan fingerprint density at radius 3 is 2.65 bits per heavy atom. The van der Waals surface area contributed by atoms with Crippen molar-refractivity contribution >= 4 is 11.7 Å². The molecule has 4 nitrogen and oxygen atoms in total. The summed E-state index contributed by atoms with van der Waals surface area (Å²) in [6.07, 6.45) is -4.77. The lowest BCUT2D eigenvalue weighted by molar-refractivity contribution is -0.274. The molecule has 1 aromatic rings. The minimum Gasteiger partial charge on any atom is -0.480 e. The Morgan fingerprint density at radius 2 is 2.12 bits per heavy atom. The van der Waals surface area contributed by atoms with Crippen LogP contribution >= 0.6 is 0 Å². The third kappa shape index (κ3) is 4.62. The fourth-order valence-corrected chi connectivity index (χ4v) is 1.09. The largest absolute Gasteiger partial charge is 0.573 e. The standard InChI is InChI=1S/C10H10F3NO3/c1-6(9(15)16)14-7-3-2-4-8(5-7)17-10(11,12)13/h2-6,14H,1H3,(H,15,16). The van der Waals surface area contributed by atoms with Crippen molar-refractivity contribution in [3.05, 3.63) is 24.3 Å². The number of aliphatic carboxylic acids is 1. The van der Waals surface area contributed by atoms with Gasteiger partial charge in [0.05, 0.1) is 0 Å². The van der Waals surface area contributed by atoms with Gasteiger partial charge < -0.3 is 15.2 Å². The van der Waals surface area contributed by atoms with E-state index in [1.165, 1.54) is 19.1 Å². The Balaban J connectivity index is 2.76. The van der Waals surface area contributed by atoms with Gasteiger partial charge >= 0.3 is 12.3 Å². The molecule has 94 valence electrons. The lowest BCUT2D eigenvalue weighted by Gasteiger charge is -2.13. The van der Waals surface area contributed by atoms with Crippen LogP contribution in [0.1, 0.15) is 6.92 Å². The van der Waals surface area contributed by atoms with Gasteiger partial charge in [-0.25, -0.2) is 0 Å². The number of rotatable bonds is 4. The molecular formula is C10H10F3NO3. The molecule has 0 bridgehead atoms. The molecule has 1 unspecified atom stereocenters. The van der Waals surface area contributed by atoms with Crippen LogP contribution < -0.4 is 10.1 Å². The molecule has 1 aromatic carbocycles. The van der Waals surface area contributed by atoms with E-state index in [2.05, 4.69) is 10.1 Å². The number of carboxylic acid groups (broad SMARTS) is 1. The molecule has 0 aliphatic rings. The van der Waals surface area contributed by atoms with Crippen molar-refractivity contribution in [3.8, 4) is 5.75 Å². The summed E-state index contributed by atoms with van der Waals surface area (Å²) in [5.41, 5.74) is 0.238. The summed E-state index contributed by atoms with van der Waals surface area (Å²) in [5, 5.41) is 11.1. The van der Waals surface area contributed by atoms with Crippen LogP contribution in [0.3, 0.4) is 0 Å². The molecule has 17 heavy (non-hydrogen) atoms. The first-order valence-corrected chi connectivity index (χ1v) is 4.63. The van der Waals surface area contributed by atoms with Crippen LogP contribution in [0.5, 0.6) is 5.75 Å². The zero-order valence-electron chi connectivity index (χ0n) is 8.78. The Kier molecular flexibility index (Phi) is 3.82. The molecule has 0 fully saturated rings. The summed E-state index contributed by atoms with van der Waals surface area (Å²) in [6.45, 7) is 1.37. The maximum absolute atomic E-state index is 11.9. The summed E-state index contributed by atoms with van der Waals surface area (Å²) < 4.78 is 39.5. The maximum atomic E-state index is 11.9. The molecule has 0 radical (unpaired) electrons. The fourth-order valence-electron chi connectivity index (χ4n) is 1.09. The highest BCUT2D eigenvalue weighted by atomic mass is 19.4. The van der Waals surface area contributed by atoms with E-state index in [0.29, 0.717) is 0 Å². The summed E-state index contributed by atoms with van der Waals surface area (Å²) in [5.74, 6) is -1.51. The summed E-state index contributed by atoms with van der Waals surface area (Å²) in [6, 6.07) is 4.08. The van der Waals surface area contributed by atoms with E-state index >= 15 is 0 Å². The zero-order valence-corrected chi connectivity index (χ0v) is 8.78. The number of carboxylic acids is 1. The predicted molar refractivity (Wildman–Crippen MR) is 53.8 cm³/mol. The second kappa shape index (κ2) is 4.94. The first-order valence-electron chi connectivity index (χ1n) is 4.63. The van der Waals surface area contributed by atoms with E-state index in [1.54, 1.807) is 0 Å². The number of nitrogens with one attached hydrogen (secondary N) is 1. The molecule has 0 spiro atoms. The zero-order chi connectivity index (χ0) is 13.1. The van der Waals surface area contributed by atoms with Gasteiger partial charge in [0.15, 0.2) is 0 Å². The van der Waals surface area contributed by atoms with Crippen molar-refractivity contribution in [3.63, 3.8) is 0 Å². The molecule has 0 amide bonds. The van der Waals surface area contributed by atoms with Gasteiger partial charge in [0.25, 0.3) is 0 Å². The van der Waals surface area contributed by atoms with Crippen LogP contribution in [-0.4, -0.2) is 23.5 Å². The molecule has 0 aliphatic heterocycles. The van der Waals surface area contributed by atoms with Gasteiger partial charge in [-0.15, -0.1) is 13.2 Å². The van der Waals surface area contributed by atoms with Crippen LogP contribution in [0.4, 0.5) is 18.9 Å². The lowest BCUT2D eigenvalue weighted by atomic mass is 10.2. The molecule has 0 heterocycles. The topological polar surface area (TPSA) is 58.6 Å². The number of hydrogen-bond donors (Lipinski definition) is 2. The molecule has 1 rings (SSSR count). The van der Waals surface area contributed by atoms with Gasteiger partial charge in [0.1, 0.15) is 11.8 Å². The minimum atomic E-state index is -4.77. The smallest absolute Gasteiger partial charge is 0.480 e. The number of ether oxygens (including phenoxy) is 1. The number of anilines is 1. The van der Waals surface area contributed by atoms with Gasteiger partial charge in [-0.2, -0.15) is 0 Å². The fraction of sp³-hybridized carbons (Fsp3) is 0.300.